The second kappa shape index (κ2) is 4.31. The van der Waals surface area contributed by atoms with Crippen LogP contribution in [0.5, 0.6) is 0 Å². The van der Waals surface area contributed by atoms with Gasteiger partial charge in [-0.3, -0.25) is 0 Å². The Bertz CT molecular complexity index is 558. The Labute approximate surface area is 98.3 Å². The molecule has 0 amide bonds. The van der Waals surface area contributed by atoms with Gasteiger partial charge in [-0.05, 0) is 0 Å². The Balaban J connectivity index is 2.45. The van der Waals surface area contributed by atoms with E-state index in [1.165, 1.54) is 4.70 Å². The van der Waals surface area contributed by atoms with Crippen molar-refractivity contribution in [2.75, 3.05) is 0 Å². The molecular formula is C10H9NO2SSe. The van der Waals surface area contributed by atoms with Crippen LogP contribution in [0.25, 0.3) is 10.2 Å². The van der Waals surface area contributed by atoms with Crippen molar-refractivity contribution >= 4 is 43.1 Å². The fourth-order valence-corrected chi connectivity index (χ4v) is 3.31. The standard InChI is InChI=1S/C10H9NO2SSe/c12-9(13)5-6-11-7-3-1-2-4-8(7)14-10(11)15/h1-4H,5-6H2,(H,12,13). The zero-order valence-corrected chi connectivity index (χ0v) is 10.4. The third-order valence-corrected chi connectivity index (χ3v) is 4.07. The van der Waals surface area contributed by atoms with Gasteiger partial charge in [0.2, 0.25) is 0 Å². The molecule has 0 radical (unpaired) electrons. The zero-order valence-electron chi connectivity index (χ0n) is 7.84. The number of aliphatic carboxylic acids is 1. The van der Waals surface area contributed by atoms with Crippen LogP contribution in [0.3, 0.4) is 0 Å². The number of hydrogen-bond acceptors (Lipinski definition) is 2. The molecule has 0 fully saturated rings. The molecule has 0 spiro atoms. The predicted octanol–water partition coefficient (Wildman–Crippen LogP) is 1.88. The average molecular weight is 286 g/mol. The van der Waals surface area contributed by atoms with Crippen LogP contribution in [0.15, 0.2) is 24.3 Å². The van der Waals surface area contributed by atoms with Crippen molar-refractivity contribution in [2.24, 2.45) is 0 Å². The summed E-state index contributed by atoms with van der Waals surface area (Å²) in [5.41, 5.74) is 1.09. The first-order valence-electron chi connectivity index (χ1n) is 4.48. The molecule has 0 aliphatic carbocycles. The number of aryl methyl sites for hydroxylation is 1. The summed E-state index contributed by atoms with van der Waals surface area (Å²) >= 11 is 4.62. The van der Waals surface area contributed by atoms with Crippen LogP contribution in [0.2, 0.25) is 0 Å². The first kappa shape index (κ1) is 10.6. The Hall–Kier alpha value is -0.901. The van der Waals surface area contributed by atoms with Crippen molar-refractivity contribution in [1.29, 1.82) is 0 Å². The van der Waals surface area contributed by atoms with Crippen LogP contribution >= 0.6 is 11.3 Å². The van der Waals surface area contributed by atoms with Gasteiger partial charge in [0.15, 0.2) is 0 Å². The molecule has 5 heteroatoms. The normalized spacial score (nSPS) is 10.7. The van der Waals surface area contributed by atoms with Gasteiger partial charge in [-0.15, -0.1) is 0 Å². The van der Waals surface area contributed by atoms with Gasteiger partial charge in [0.1, 0.15) is 0 Å². The average Bonchev–Trinajstić information content (AvgIpc) is 2.50. The van der Waals surface area contributed by atoms with E-state index < -0.39 is 5.97 Å². The molecule has 15 heavy (non-hydrogen) atoms. The van der Waals surface area contributed by atoms with Gasteiger partial charge in [0.05, 0.1) is 0 Å². The van der Waals surface area contributed by atoms with Gasteiger partial charge in [0, 0.05) is 0 Å². The van der Waals surface area contributed by atoms with E-state index in [-0.39, 0.29) is 6.42 Å². The second-order valence-corrected chi connectivity index (χ2v) is 5.56. The molecule has 0 saturated heterocycles. The number of carbonyl (C=O) groups is 1. The number of aromatic nitrogens is 1. The van der Waals surface area contributed by atoms with E-state index >= 15 is 0 Å². The van der Waals surface area contributed by atoms with E-state index in [2.05, 4.69) is 15.6 Å². The van der Waals surface area contributed by atoms with Crippen LogP contribution in [0.1, 0.15) is 6.42 Å². The molecule has 1 heterocycles. The van der Waals surface area contributed by atoms with Gasteiger partial charge >= 0.3 is 98.3 Å². The zero-order chi connectivity index (χ0) is 10.8. The minimum absolute atomic E-state index is 0.153. The van der Waals surface area contributed by atoms with Crippen molar-refractivity contribution in [3.63, 3.8) is 0 Å². The molecule has 0 atom stereocenters. The number of carboxylic acids is 1. The summed E-state index contributed by atoms with van der Waals surface area (Å²) in [4.78, 5) is 10.5. The molecule has 3 nitrogen and oxygen atoms in total. The van der Waals surface area contributed by atoms with E-state index in [9.17, 15) is 4.79 Å². The van der Waals surface area contributed by atoms with E-state index in [1.807, 2.05) is 28.8 Å². The van der Waals surface area contributed by atoms with E-state index in [4.69, 9.17) is 5.11 Å². The molecule has 0 unspecified atom stereocenters. The summed E-state index contributed by atoms with van der Waals surface area (Å²) in [6.45, 7) is 0.516. The Morgan fingerprint density at radius 1 is 1.47 bits per heavy atom. The molecule has 1 aromatic carbocycles. The number of para-hydroxylation sites is 1. The van der Waals surface area contributed by atoms with E-state index in [0.29, 0.717) is 6.54 Å². The molecule has 0 saturated carbocycles. The summed E-state index contributed by atoms with van der Waals surface area (Å²) in [5.74, 6) is -0.766. The SMILES string of the molecule is O=C(O)CCn1c(=[Se])sc2ccccc21. The van der Waals surface area contributed by atoms with E-state index in [0.717, 1.165) is 9.02 Å². The molecular weight excluding hydrogens is 277 g/mol. The Kier molecular flexibility index (Phi) is 3.05. The summed E-state index contributed by atoms with van der Waals surface area (Å²) in [5, 5.41) is 8.66. The molecule has 0 aliphatic rings. The molecule has 78 valence electrons. The van der Waals surface area contributed by atoms with Crippen LogP contribution in [0, 0.1) is 3.51 Å². The topological polar surface area (TPSA) is 42.2 Å². The van der Waals surface area contributed by atoms with Crippen molar-refractivity contribution in [3.8, 4) is 0 Å². The third kappa shape index (κ3) is 2.20. The molecule has 0 bridgehead atoms. The number of benzene rings is 1. The molecule has 2 rings (SSSR count). The second-order valence-electron chi connectivity index (χ2n) is 3.13. The quantitative estimate of drug-likeness (QED) is 0.875. The van der Waals surface area contributed by atoms with Gasteiger partial charge < -0.3 is 0 Å². The monoisotopic (exact) mass is 287 g/mol. The van der Waals surface area contributed by atoms with Crippen molar-refractivity contribution < 1.29 is 9.90 Å². The van der Waals surface area contributed by atoms with Crippen LogP contribution in [-0.4, -0.2) is 31.2 Å². The minimum atomic E-state index is -0.766. The number of nitrogens with zero attached hydrogens (tertiary/aromatic N) is 1. The fraction of sp³-hybridized carbons (Fsp3) is 0.200. The van der Waals surface area contributed by atoms with Crippen molar-refractivity contribution in [3.05, 3.63) is 27.8 Å². The number of carboxylic acid groups (broad SMARTS) is 1. The summed E-state index contributed by atoms with van der Waals surface area (Å²) < 4.78 is 4.21. The summed E-state index contributed by atoms with van der Waals surface area (Å²) in [6.07, 6.45) is 0.153. The first-order valence-corrected chi connectivity index (χ1v) is 6.16. The molecule has 0 aliphatic heterocycles. The van der Waals surface area contributed by atoms with Crippen LogP contribution in [-0.2, 0) is 11.3 Å². The number of rotatable bonds is 3. The predicted molar refractivity (Wildman–Crippen MR) is 61.1 cm³/mol. The fourth-order valence-electron chi connectivity index (χ4n) is 1.43. The van der Waals surface area contributed by atoms with Crippen LogP contribution in [0.4, 0.5) is 0 Å². The van der Waals surface area contributed by atoms with Crippen molar-refractivity contribution in [2.45, 2.75) is 13.0 Å². The van der Waals surface area contributed by atoms with Gasteiger partial charge in [-0.1, -0.05) is 0 Å². The molecule has 2 aromatic rings. The molecule has 1 aromatic heterocycles. The maximum absolute atomic E-state index is 10.5. The maximum atomic E-state index is 10.5. The molecule has 1 N–H and O–H groups in total. The summed E-state index contributed by atoms with van der Waals surface area (Å²) in [6, 6.07) is 8.00. The van der Waals surface area contributed by atoms with Crippen LogP contribution < -0.4 is 0 Å². The van der Waals surface area contributed by atoms with Gasteiger partial charge in [-0.2, -0.15) is 0 Å². The number of fused-ring (bicyclic) bond motifs is 1. The number of hydrogen-bond donors (Lipinski definition) is 1. The van der Waals surface area contributed by atoms with Gasteiger partial charge in [0.25, 0.3) is 0 Å². The first-order chi connectivity index (χ1) is 7.18. The Morgan fingerprint density at radius 2 is 2.20 bits per heavy atom. The number of thiazole rings is 1. The summed E-state index contributed by atoms with van der Waals surface area (Å²) in [7, 11) is 0. The Morgan fingerprint density at radius 3 is 2.93 bits per heavy atom. The van der Waals surface area contributed by atoms with Crippen molar-refractivity contribution in [1.82, 2.24) is 4.57 Å². The van der Waals surface area contributed by atoms with E-state index in [1.54, 1.807) is 11.3 Å². The third-order valence-electron chi connectivity index (χ3n) is 2.12. The van der Waals surface area contributed by atoms with Gasteiger partial charge in [-0.25, -0.2) is 0 Å².